The van der Waals surface area contributed by atoms with Crippen LogP contribution in [0.5, 0.6) is 23.0 Å². The maximum atomic E-state index is 5.78. The highest BCUT2D eigenvalue weighted by molar-refractivity contribution is 7.80. The van der Waals surface area contributed by atoms with Gasteiger partial charge in [-0.2, -0.15) is 5.10 Å². The molecular formula is C23H31N3O4S. The number of benzene rings is 2. The standard InChI is InChI=1S/C23H31N3O4S/c1-3-4-5-6-13-28-19-8-10-20(11-9-19)29-14-15-30-21-12-7-18(16-22(21)27-2)17-25-26-23(24)31/h7-12,16-17H,3-6,13-15H2,1-2H3,(H3,24,26,31)/b25-17+. The van der Waals surface area contributed by atoms with Gasteiger partial charge >= 0.3 is 0 Å². The molecule has 2 rings (SSSR count). The SMILES string of the molecule is CCCCCCOc1ccc(OCCOc2ccc(/C=N/NC(N)=S)cc2OC)cc1. The number of thiocarbonyl (C=S) groups is 1. The van der Waals surface area contributed by atoms with Crippen LogP contribution in [-0.4, -0.2) is 38.3 Å². The van der Waals surface area contributed by atoms with E-state index < -0.39 is 0 Å². The predicted molar refractivity (Wildman–Crippen MR) is 128 cm³/mol. The van der Waals surface area contributed by atoms with Crippen molar-refractivity contribution in [3.05, 3.63) is 48.0 Å². The number of nitrogens with one attached hydrogen (secondary N) is 1. The second kappa shape index (κ2) is 14.1. The molecule has 0 heterocycles. The number of rotatable bonds is 14. The molecule has 0 radical (unpaired) electrons. The number of hydrogen-bond acceptors (Lipinski definition) is 6. The van der Waals surface area contributed by atoms with E-state index >= 15 is 0 Å². The monoisotopic (exact) mass is 445 g/mol. The molecule has 0 aromatic heterocycles. The summed E-state index contributed by atoms with van der Waals surface area (Å²) in [7, 11) is 1.58. The Labute approximate surface area is 189 Å². The molecule has 0 aliphatic heterocycles. The smallest absolute Gasteiger partial charge is 0.184 e. The summed E-state index contributed by atoms with van der Waals surface area (Å²) >= 11 is 4.70. The Morgan fingerprint density at radius 3 is 2.26 bits per heavy atom. The highest BCUT2D eigenvalue weighted by Crippen LogP contribution is 2.27. The fraction of sp³-hybridized carbons (Fsp3) is 0.391. The summed E-state index contributed by atoms with van der Waals surface area (Å²) < 4.78 is 22.6. The molecule has 0 spiro atoms. The van der Waals surface area contributed by atoms with Crippen molar-refractivity contribution in [2.45, 2.75) is 32.6 Å². The van der Waals surface area contributed by atoms with Gasteiger partial charge in [-0.1, -0.05) is 26.2 Å². The second-order valence-corrected chi connectivity index (χ2v) is 7.16. The lowest BCUT2D eigenvalue weighted by Crippen LogP contribution is -2.23. The quantitative estimate of drug-likeness (QED) is 0.194. The zero-order valence-electron chi connectivity index (χ0n) is 18.1. The van der Waals surface area contributed by atoms with E-state index in [0.29, 0.717) is 24.7 Å². The molecule has 31 heavy (non-hydrogen) atoms. The van der Waals surface area contributed by atoms with Crippen LogP contribution < -0.4 is 30.1 Å². The molecule has 0 bridgehead atoms. The number of methoxy groups -OCH3 is 1. The van der Waals surface area contributed by atoms with Gasteiger partial charge in [-0.3, -0.25) is 5.43 Å². The van der Waals surface area contributed by atoms with Crippen LogP contribution in [-0.2, 0) is 0 Å². The summed E-state index contributed by atoms with van der Waals surface area (Å²) in [6, 6.07) is 13.1. The van der Waals surface area contributed by atoms with E-state index in [1.165, 1.54) is 19.3 Å². The van der Waals surface area contributed by atoms with Gasteiger partial charge in [-0.25, -0.2) is 0 Å². The third-order valence-corrected chi connectivity index (χ3v) is 4.37. The molecule has 0 aliphatic rings. The molecule has 0 saturated heterocycles. The molecule has 3 N–H and O–H groups in total. The summed E-state index contributed by atoms with van der Waals surface area (Å²) in [5.74, 6) is 2.85. The molecule has 0 atom stereocenters. The molecule has 0 saturated carbocycles. The van der Waals surface area contributed by atoms with Crippen LogP contribution in [0.4, 0.5) is 0 Å². The molecule has 2 aromatic carbocycles. The first-order valence-electron chi connectivity index (χ1n) is 10.4. The van der Waals surface area contributed by atoms with E-state index in [1.807, 2.05) is 42.5 Å². The van der Waals surface area contributed by atoms with Gasteiger partial charge in [0, 0.05) is 0 Å². The number of nitrogens with two attached hydrogens (primary N) is 1. The fourth-order valence-corrected chi connectivity index (χ4v) is 2.77. The average molecular weight is 446 g/mol. The number of nitrogens with zero attached hydrogens (tertiary/aromatic N) is 1. The van der Waals surface area contributed by atoms with Crippen molar-refractivity contribution in [1.82, 2.24) is 5.43 Å². The van der Waals surface area contributed by atoms with Crippen LogP contribution in [0.2, 0.25) is 0 Å². The lowest BCUT2D eigenvalue weighted by Gasteiger charge is -2.12. The molecule has 0 amide bonds. The normalized spacial score (nSPS) is 10.6. The number of unbranched alkanes of at least 4 members (excludes halogenated alkanes) is 3. The maximum absolute atomic E-state index is 5.78. The van der Waals surface area contributed by atoms with Gasteiger partial charge in [0.15, 0.2) is 16.6 Å². The highest BCUT2D eigenvalue weighted by atomic mass is 32.1. The minimum absolute atomic E-state index is 0.104. The Morgan fingerprint density at radius 2 is 1.61 bits per heavy atom. The largest absolute Gasteiger partial charge is 0.494 e. The molecular weight excluding hydrogens is 414 g/mol. The Hall–Kier alpha value is -3.00. The van der Waals surface area contributed by atoms with Gasteiger partial charge in [0.05, 0.1) is 19.9 Å². The van der Waals surface area contributed by atoms with Crippen molar-refractivity contribution in [3.63, 3.8) is 0 Å². The summed E-state index contributed by atoms with van der Waals surface area (Å²) in [4.78, 5) is 0. The van der Waals surface area contributed by atoms with Crippen molar-refractivity contribution in [2.24, 2.45) is 10.8 Å². The molecule has 2 aromatic rings. The number of hydrazone groups is 1. The van der Waals surface area contributed by atoms with Crippen molar-refractivity contribution >= 4 is 23.5 Å². The van der Waals surface area contributed by atoms with E-state index in [2.05, 4.69) is 17.5 Å². The van der Waals surface area contributed by atoms with Gasteiger partial charge in [0.2, 0.25) is 0 Å². The lowest BCUT2D eigenvalue weighted by molar-refractivity contribution is 0.211. The zero-order valence-corrected chi connectivity index (χ0v) is 19.0. The van der Waals surface area contributed by atoms with Crippen molar-refractivity contribution in [1.29, 1.82) is 0 Å². The van der Waals surface area contributed by atoms with Crippen molar-refractivity contribution < 1.29 is 18.9 Å². The van der Waals surface area contributed by atoms with Crippen molar-refractivity contribution in [2.75, 3.05) is 26.9 Å². The van der Waals surface area contributed by atoms with Crippen LogP contribution in [0.1, 0.15) is 38.2 Å². The third-order valence-electron chi connectivity index (χ3n) is 4.28. The molecule has 0 aliphatic carbocycles. The van der Waals surface area contributed by atoms with Crippen LogP contribution in [0.25, 0.3) is 0 Å². The maximum Gasteiger partial charge on any atom is 0.184 e. The first kappa shape index (κ1) is 24.3. The van der Waals surface area contributed by atoms with Gasteiger partial charge < -0.3 is 24.7 Å². The summed E-state index contributed by atoms with van der Waals surface area (Å²) in [6.45, 7) is 3.73. The zero-order chi connectivity index (χ0) is 22.3. The van der Waals surface area contributed by atoms with E-state index in [9.17, 15) is 0 Å². The van der Waals surface area contributed by atoms with E-state index in [1.54, 1.807) is 13.3 Å². The van der Waals surface area contributed by atoms with E-state index in [0.717, 1.165) is 30.1 Å². The number of ether oxygens (including phenoxy) is 4. The van der Waals surface area contributed by atoms with E-state index in [-0.39, 0.29) is 5.11 Å². The van der Waals surface area contributed by atoms with Crippen LogP contribution in [0.3, 0.4) is 0 Å². The molecule has 168 valence electrons. The van der Waals surface area contributed by atoms with Crippen LogP contribution in [0.15, 0.2) is 47.6 Å². The van der Waals surface area contributed by atoms with Crippen LogP contribution in [0, 0.1) is 0 Å². The first-order valence-corrected chi connectivity index (χ1v) is 10.8. The van der Waals surface area contributed by atoms with Gasteiger partial charge in [-0.15, -0.1) is 0 Å². The summed E-state index contributed by atoms with van der Waals surface area (Å²) in [6.07, 6.45) is 6.36. The minimum Gasteiger partial charge on any atom is -0.494 e. The highest BCUT2D eigenvalue weighted by Gasteiger charge is 2.05. The Morgan fingerprint density at radius 1 is 0.935 bits per heavy atom. The third kappa shape index (κ3) is 9.57. The predicted octanol–water partition coefficient (Wildman–Crippen LogP) is 4.28. The first-order chi connectivity index (χ1) is 15.1. The minimum atomic E-state index is 0.104. The number of hydrogen-bond donors (Lipinski definition) is 2. The molecule has 7 nitrogen and oxygen atoms in total. The topological polar surface area (TPSA) is 87.3 Å². The van der Waals surface area contributed by atoms with Gasteiger partial charge in [0.1, 0.15) is 24.7 Å². The summed E-state index contributed by atoms with van der Waals surface area (Å²) in [5, 5.41) is 4.03. The molecule has 0 fully saturated rings. The summed E-state index contributed by atoms with van der Waals surface area (Å²) in [5.41, 5.74) is 8.65. The average Bonchev–Trinajstić information content (AvgIpc) is 2.77. The van der Waals surface area contributed by atoms with Gasteiger partial charge in [-0.05, 0) is 66.7 Å². The van der Waals surface area contributed by atoms with Gasteiger partial charge in [0.25, 0.3) is 0 Å². The van der Waals surface area contributed by atoms with Crippen molar-refractivity contribution in [3.8, 4) is 23.0 Å². The fourth-order valence-electron chi connectivity index (χ4n) is 2.72. The molecule has 8 heteroatoms. The Balaban J connectivity index is 1.74. The van der Waals surface area contributed by atoms with Crippen LogP contribution >= 0.6 is 12.2 Å². The Kier molecular flexibility index (Phi) is 11.0. The second-order valence-electron chi connectivity index (χ2n) is 6.72. The lowest BCUT2D eigenvalue weighted by atomic mass is 10.2. The Bertz CT molecular complexity index is 828. The molecule has 0 unspecified atom stereocenters. The van der Waals surface area contributed by atoms with E-state index in [4.69, 9.17) is 36.9 Å².